The van der Waals surface area contributed by atoms with Crippen LogP contribution in [0.2, 0.25) is 0 Å². The molecule has 5 aromatic carbocycles. The highest BCUT2D eigenvalue weighted by Crippen LogP contribution is 2.40. The van der Waals surface area contributed by atoms with Crippen LogP contribution in [0.15, 0.2) is 126 Å². The van der Waals surface area contributed by atoms with Crippen LogP contribution in [0.5, 0.6) is 0 Å². The first-order chi connectivity index (χ1) is 19.2. The minimum absolute atomic E-state index is 0.939. The molecule has 4 heteroatoms. The van der Waals surface area contributed by atoms with Crippen LogP contribution in [0.1, 0.15) is 5.56 Å². The minimum atomic E-state index is -2.52. The first-order valence-corrected chi connectivity index (χ1v) is 16.2. The maximum Gasteiger partial charge on any atom is 0.273 e. The van der Waals surface area contributed by atoms with Crippen molar-refractivity contribution in [2.24, 2.45) is 7.05 Å². The average Bonchev–Trinajstić information content (AvgIpc) is 3.62. The van der Waals surface area contributed by atoms with Crippen LogP contribution in [-0.4, -0.2) is 8.07 Å². The van der Waals surface area contributed by atoms with Crippen molar-refractivity contribution < 1.29 is 8.98 Å². The summed E-state index contributed by atoms with van der Waals surface area (Å²) in [5.74, 6) is 0. The molecule has 0 saturated carbocycles. The molecule has 186 valence electrons. The van der Waals surface area contributed by atoms with E-state index in [2.05, 4.69) is 134 Å². The smallest absolute Gasteiger partial charge is 0.273 e. The Morgan fingerprint density at radius 2 is 1.31 bits per heavy atom. The molecule has 39 heavy (non-hydrogen) atoms. The summed E-state index contributed by atoms with van der Waals surface area (Å²) in [5, 5.41) is 7.92. The Labute approximate surface area is 232 Å². The lowest BCUT2D eigenvalue weighted by atomic mass is 10.0. The molecule has 0 bridgehead atoms. The Balaban J connectivity index is 1.51. The third-order valence-electron chi connectivity index (χ3n) is 8.36. The molecule has 1 aliphatic heterocycles. The molecule has 2 aromatic heterocycles. The lowest BCUT2D eigenvalue weighted by Gasteiger charge is -2.28. The van der Waals surface area contributed by atoms with Gasteiger partial charge in [-0.15, -0.1) is 0 Å². The van der Waals surface area contributed by atoms with Crippen LogP contribution in [0.25, 0.3) is 43.8 Å². The molecule has 0 unspecified atom stereocenters. The highest BCUT2D eigenvalue weighted by Gasteiger charge is 2.55. The van der Waals surface area contributed by atoms with E-state index in [0.717, 1.165) is 11.2 Å². The minimum Gasteiger partial charge on any atom is -0.455 e. The molecule has 0 amide bonds. The van der Waals surface area contributed by atoms with E-state index in [1.165, 1.54) is 58.2 Å². The second-order valence-electron chi connectivity index (χ2n) is 10.4. The van der Waals surface area contributed by atoms with E-state index < -0.39 is 8.07 Å². The van der Waals surface area contributed by atoms with Gasteiger partial charge >= 0.3 is 0 Å². The summed E-state index contributed by atoms with van der Waals surface area (Å²) in [6, 6.07) is 44.3. The SMILES string of the molecule is Cc1ccc2c(oc3ccccc32)c1-c1sc2c([n+]1C)-c1ccccc1[Si]2(c1ccccc1)c1ccccc1. The third kappa shape index (κ3) is 2.98. The van der Waals surface area contributed by atoms with Crippen LogP contribution < -0.4 is 24.6 Å². The van der Waals surface area contributed by atoms with E-state index in [1.807, 2.05) is 17.4 Å². The zero-order valence-corrected chi connectivity index (χ0v) is 23.6. The highest BCUT2D eigenvalue weighted by atomic mass is 32.1. The molecule has 0 fully saturated rings. The summed E-state index contributed by atoms with van der Waals surface area (Å²) in [4.78, 5) is 0. The van der Waals surface area contributed by atoms with Crippen molar-refractivity contribution in [3.8, 4) is 21.8 Å². The van der Waals surface area contributed by atoms with Gasteiger partial charge in [0.1, 0.15) is 18.2 Å². The third-order valence-corrected chi connectivity index (χ3v) is 15.2. The van der Waals surface area contributed by atoms with Crippen LogP contribution in [0, 0.1) is 6.92 Å². The van der Waals surface area contributed by atoms with Crippen LogP contribution >= 0.6 is 11.3 Å². The largest absolute Gasteiger partial charge is 0.455 e. The van der Waals surface area contributed by atoms with Crippen molar-refractivity contribution in [1.29, 1.82) is 0 Å². The molecule has 0 N–H and O–H groups in total. The van der Waals surface area contributed by atoms with Gasteiger partial charge in [-0.2, -0.15) is 4.57 Å². The van der Waals surface area contributed by atoms with Crippen LogP contribution in [-0.2, 0) is 7.05 Å². The molecule has 0 radical (unpaired) electrons. The lowest BCUT2D eigenvalue weighted by Crippen LogP contribution is -2.72. The number of benzene rings is 5. The Bertz CT molecular complexity index is 2000. The number of hydrogen-bond acceptors (Lipinski definition) is 2. The fourth-order valence-electron chi connectivity index (χ4n) is 6.65. The van der Waals surface area contributed by atoms with E-state index in [-0.39, 0.29) is 0 Å². The molecular weight excluding hydrogens is 511 g/mol. The summed E-state index contributed by atoms with van der Waals surface area (Å²) in [6.07, 6.45) is 0. The maximum atomic E-state index is 6.57. The van der Waals surface area contributed by atoms with Gasteiger partial charge in [-0.25, -0.2) is 0 Å². The van der Waals surface area contributed by atoms with Crippen molar-refractivity contribution in [3.63, 3.8) is 0 Å². The standard InChI is InChI=1S/C35H26NOSSi/c1-23-21-22-27-26-17-9-11-19-29(26)37-33(27)31(23)34-36(2)32-28-18-10-12-20-30(28)39(35(32)38-34,24-13-5-3-6-14-24)25-15-7-4-8-16-25/h3-22H,1-2H3/q+1. The van der Waals surface area contributed by atoms with Gasteiger partial charge in [0.05, 0.1) is 4.50 Å². The summed E-state index contributed by atoms with van der Waals surface area (Å²) in [5.41, 5.74) is 7.05. The maximum absolute atomic E-state index is 6.57. The van der Waals surface area contributed by atoms with Crippen molar-refractivity contribution >= 4 is 61.4 Å². The molecule has 0 spiro atoms. The van der Waals surface area contributed by atoms with Gasteiger partial charge in [-0.1, -0.05) is 121 Å². The molecular formula is C35H26NOSSi+. The number of para-hydroxylation sites is 1. The first kappa shape index (κ1) is 22.7. The zero-order valence-electron chi connectivity index (χ0n) is 21.8. The van der Waals surface area contributed by atoms with Gasteiger partial charge in [-0.05, 0) is 40.2 Å². The summed E-state index contributed by atoms with van der Waals surface area (Å²) in [6.45, 7) is 2.21. The number of aryl methyl sites for hydroxylation is 1. The van der Waals surface area contributed by atoms with E-state index in [4.69, 9.17) is 4.42 Å². The van der Waals surface area contributed by atoms with Crippen molar-refractivity contribution in [2.45, 2.75) is 6.92 Å². The van der Waals surface area contributed by atoms with E-state index in [1.54, 1.807) is 0 Å². The quantitative estimate of drug-likeness (QED) is 0.206. The van der Waals surface area contributed by atoms with E-state index in [9.17, 15) is 0 Å². The average molecular weight is 537 g/mol. The number of aromatic nitrogens is 1. The van der Waals surface area contributed by atoms with Gasteiger partial charge in [-0.3, -0.25) is 0 Å². The zero-order chi connectivity index (χ0) is 26.1. The number of hydrogen-bond donors (Lipinski definition) is 0. The summed E-state index contributed by atoms with van der Waals surface area (Å²) in [7, 11) is -0.280. The van der Waals surface area contributed by atoms with E-state index in [0.29, 0.717) is 0 Å². The molecule has 3 heterocycles. The van der Waals surface area contributed by atoms with Crippen molar-refractivity contribution in [3.05, 3.63) is 127 Å². The molecule has 0 saturated heterocycles. The lowest BCUT2D eigenvalue weighted by molar-refractivity contribution is -0.644. The predicted molar refractivity (Wildman–Crippen MR) is 166 cm³/mol. The van der Waals surface area contributed by atoms with Gasteiger partial charge < -0.3 is 4.42 Å². The second kappa shape index (κ2) is 8.37. The van der Waals surface area contributed by atoms with Crippen molar-refractivity contribution in [2.75, 3.05) is 0 Å². The molecule has 0 aliphatic carbocycles. The Morgan fingerprint density at radius 1 is 0.667 bits per heavy atom. The fraction of sp³-hybridized carbons (Fsp3) is 0.0571. The first-order valence-electron chi connectivity index (χ1n) is 13.3. The summed E-state index contributed by atoms with van der Waals surface area (Å²) >= 11 is 1.96. The van der Waals surface area contributed by atoms with Crippen LogP contribution in [0.4, 0.5) is 0 Å². The number of fused-ring (bicyclic) bond motifs is 6. The van der Waals surface area contributed by atoms with Crippen LogP contribution in [0.3, 0.4) is 0 Å². The van der Waals surface area contributed by atoms with E-state index >= 15 is 0 Å². The fourth-order valence-corrected chi connectivity index (χ4v) is 14.4. The predicted octanol–water partition coefficient (Wildman–Crippen LogP) is 5.81. The molecule has 1 aliphatic rings. The number of rotatable bonds is 3. The topological polar surface area (TPSA) is 17.0 Å². The van der Waals surface area contributed by atoms with Gasteiger partial charge in [0.2, 0.25) is 13.8 Å². The van der Waals surface area contributed by atoms with Gasteiger partial charge in [0.15, 0.2) is 5.58 Å². The Kier molecular flexibility index (Phi) is 4.87. The summed E-state index contributed by atoms with van der Waals surface area (Å²) < 4.78 is 10.5. The number of nitrogens with zero attached hydrogens (tertiary/aromatic N) is 1. The Hall–Kier alpha value is -4.25. The normalized spacial score (nSPS) is 13.6. The van der Waals surface area contributed by atoms with Crippen molar-refractivity contribution in [1.82, 2.24) is 0 Å². The molecule has 2 nitrogen and oxygen atoms in total. The van der Waals surface area contributed by atoms with Gasteiger partial charge in [0.25, 0.3) is 5.01 Å². The number of thiazole rings is 1. The van der Waals surface area contributed by atoms with Gasteiger partial charge in [0, 0.05) is 16.3 Å². The molecule has 0 atom stereocenters. The monoisotopic (exact) mass is 536 g/mol. The number of furan rings is 1. The molecule has 7 aromatic rings. The highest BCUT2D eigenvalue weighted by molar-refractivity contribution is 7.39. The molecule has 8 rings (SSSR count). The second-order valence-corrected chi connectivity index (χ2v) is 15.5. The Morgan fingerprint density at radius 3 is 2.05 bits per heavy atom.